The number of para-hydroxylation sites is 1. The maximum atomic E-state index is 6.04. The van der Waals surface area contributed by atoms with E-state index in [2.05, 4.69) is 21.5 Å². The summed E-state index contributed by atoms with van der Waals surface area (Å²) in [6, 6.07) is 7.39. The summed E-state index contributed by atoms with van der Waals surface area (Å²) in [4.78, 5) is 4.41. The van der Waals surface area contributed by atoms with Gasteiger partial charge in [0.05, 0.1) is 18.1 Å². The van der Waals surface area contributed by atoms with Crippen LogP contribution >= 0.6 is 11.6 Å². The molecule has 2 N–H and O–H groups in total. The summed E-state index contributed by atoms with van der Waals surface area (Å²) in [5, 5.41) is 6.73. The molecule has 1 rings (SSSR count). The van der Waals surface area contributed by atoms with Gasteiger partial charge in [0, 0.05) is 6.54 Å². The molecule has 5 heteroatoms. The molecule has 1 atom stereocenters. The summed E-state index contributed by atoms with van der Waals surface area (Å²) in [5.74, 6) is 3.86. The second-order valence-electron chi connectivity index (χ2n) is 4.14. The van der Waals surface area contributed by atoms with Crippen LogP contribution in [-0.2, 0) is 0 Å². The number of rotatable bonds is 6. The van der Waals surface area contributed by atoms with E-state index in [0.29, 0.717) is 29.8 Å². The largest absolute Gasteiger partial charge is 0.487 e. The molecule has 0 radical (unpaired) electrons. The zero-order chi connectivity index (χ0) is 14.8. The van der Waals surface area contributed by atoms with E-state index in [0.717, 1.165) is 6.54 Å². The Bertz CT molecular complexity index is 482. The third-order valence-corrected chi connectivity index (χ3v) is 2.69. The van der Waals surface area contributed by atoms with E-state index < -0.39 is 0 Å². The van der Waals surface area contributed by atoms with Crippen LogP contribution < -0.4 is 15.4 Å². The molecule has 0 aliphatic heterocycles. The molecule has 108 valence electrons. The number of nitrogens with one attached hydrogen (secondary N) is 2. The summed E-state index contributed by atoms with van der Waals surface area (Å²) in [7, 11) is 0. The van der Waals surface area contributed by atoms with Gasteiger partial charge in [-0.05, 0) is 26.0 Å². The SMILES string of the molecule is C#CCNC(=NCC(C)Oc1ccccc1Cl)NCC. The lowest BCUT2D eigenvalue weighted by Gasteiger charge is -2.15. The molecule has 20 heavy (non-hydrogen) atoms. The maximum absolute atomic E-state index is 6.04. The molecule has 0 spiro atoms. The van der Waals surface area contributed by atoms with Gasteiger partial charge in [0.2, 0.25) is 0 Å². The number of ether oxygens (including phenoxy) is 1. The molecular formula is C15H20ClN3O. The maximum Gasteiger partial charge on any atom is 0.192 e. The molecule has 0 fully saturated rings. The van der Waals surface area contributed by atoms with Gasteiger partial charge in [-0.15, -0.1) is 6.42 Å². The summed E-state index contributed by atoms with van der Waals surface area (Å²) >= 11 is 6.04. The minimum atomic E-state index is -0.0869. The zero-order valence-electron chi connectivity index (χ0n) is 11.8. The number of hydrogen-bond acceptors (Lipinski definition) is 2. The van der Waals surface area contributed by atoms with E-state index in [1.165, 1.54) is 0 Å². The number of hydrogen-bond donors (Lipinski definition) is 2. The summed E-state index contributed by atoms with van der Waals surface area (Å²) in [6.45, 7) is 5.65. The number of benzene rings is 1. The second kappa shape index (κ2) is 9.11. The van der Waals surface area contributed by atoms with E-state index in [4.69, 9.17) is 22.8 Å². The molecule has 0 saturated carbocycles. The average Bonchev–Trinajstić information content (AvgIpc) is 2.44. The highest BCUT2D eigenvalue weighted by Crippen LogP contribution is 2.24. The number of aliphatic imine (C=N–C) groups is 1. The van der Waals surface area contributed by atoms with Crippen molar-refractivity contribution >= 4 is 17.6 Å². The molecular weight excluding hydrogens is 274 g/mol. The Kier molecular flexibility index (Phi) is 7.38. The lowest BCUT2D eigenvalue weighted by atomic mass is 10.3. The molecule has 0 amide bonds. The smallest absolute Gasteiger partial charge is 0.192 e. The van der Waals surface area contributed by atoms with Crippen LogP contribution in [0.4, 0.5) is 0 Å². The minimum Gasteiger partial charge on any atom is -0.487 e. The van der Waals surface area contributed by atoms with Gasteiger partial charge in [-0.3, -0.25) is 0 Å². The highest BCUT2D eigenvalue weighted by Gasteiger charge is 2.06. The summed E-state index contributed by atoms with van der Waals surface area (Å²) in [5.41, 5.74) is 0. The van der Waals surface area contributed by atoms with Crippen molar-refractivity contribution < 1.29 is 4.74 Å². The van der Waals surface area contributed by atoms with Crippen LogP contribution in [0.3, 0.4) is 0 Å². The normalized spacial score (nSPS) is 12.4. The van der Waals surface area contributed by atoms with Crippen LogP contribution in [0.15, 0.2) is 29.3 Å². The van der Waals surface area contributed by atoms with E-state index in [1.807, 2.05) is 32.0 Å². The van der Waals surface area contributed by atoms with Crippen molar-refractivity contribution in [3.8, 4) is 18.1 Å². The Morgan fingerprint density at radius 2 is 2.20 bits per heavy atom. The van der Waals surface area contributed by atoms with Gasteiger partial charge in [-0.25, -0.2) is 4.99 Å². The predicted molar refractivity (Wildman–Crippen MR) is 84.4 cm³/mol. The third kappa shape index (κ3) is 5.85. The number of terminal acetylenes is 1. The van der Waals surface area contributed by atoms with E-state index in [-0.39, 0.29) is 6.10 Å². The monoisotopic (exact) mass is 293 g/mol. The average molecular weight is 294 g/mol. The lowest BCUT2D eigenvalue weighted by molar-refractivity contribution is 0.230. The number of halogens is 1. The Morgan fingerprint density at radius 1 is 1.45 bits per heavy atom. The van der Waals surface area contributed by atoms with Crippen molar-refractivity contribution in [3.63, 3.8) is 0 Å². The Morgan fingerprint density at radius 3 is 2.85 bits per heavy atom. The first-order valence-electron chi connectivity index (χ1n) is 6.54. The van der Waals surface area contributed by atoms with Crippen LogP contribution in [-0.4, -0.2) is 31.7 Å². The van der Waals surface area contributed by atoms with Crippen molar-refractivity contribution in [1.29, 1.82) is 0 Å². The quantitative estimate of drug-likeness (QED) is 0.481. The fourth-order valence-corrected chi connectivity index (χ4v) is 1.67. The fraction of sp³-hybridized carbons (Fsp3) is 0.400. The third-order valence-electron chi connectivity index (χ3n) is 2.37. The van der Waals surface area contributed by atoms with Crippen molar-refractivity contribution in [2.45, 2.75) is 20.0 Å². The second-order valence-corrected chi connectivity index (χ2v) is 4.54. The first-order chi connectivity index (χ1) is 9.67. The van der Waals surface area contributed by atoms with Crippen LogP contribution in [0.25, 0.3) is 0 Å². The van der Waals surface area contributed by atoms with Crippen molar-refractivity contribution in [2.75, 3.05) is 19.6 Å². The van der Waals surface area contributed by atoms with E-state index in [1.54, 1.807) is 6.07 Å². The fourth-order valence-electron chi connectivity index (χ4n) is 1.49. The Balaban J connectivity index is 2.53. The van der Waals surface area contributed by atoms with Gasteiger partial charge in [0.15, 0.2) is 5.96 Å². The van der Waals surface area contributed by atoms with Gasteiger partial charge < -0.3 is 15.4 Å². The molecule has 0 aliphatic rings. The van der Waals surface area contributed by atoms with Gasteiger partial charge in [0.1, 0.15) is 11.9 Å². The van der Waals surface area contributed by atoms with Crippen LogP contribution in [0, 0.1) is 12.3 Å². The van der Waals surface area contributed by atoms with Gasteiger partial charge in [0.25, 0.3) is 0 Å². The number of nitrogens with zero attached hydrogens (tertiary/aromatic N) is 1. The molecule has 1 aromatic rings. The number of guanidine groups is 1. The molecule has 0 aliphatic carbocycles. The first kappa shape index (κ1) is 16.2. The zero-order valence-corrected chi connectivity index (χ0v) is 12.6. The van der Waals surface area contributed by atoms with Crippen LogP contribution in [0.5, 0.6) is 5.75 Å². The van der Waals surface area contributed by atoms with E-state index in [9.17, 15) is 0 Å². The van der Waals surface area contributed by atoms with Gasteiger partial charge >= 0.3 is 0 Å². The van der Waals surface area contributed by atoms with Crippen molar-refractivity contribution in [1.82, 2.24) is 10.6 Å². The first-order valence-corrected chi connectivity index (χ1v) is 6.92. The molecule has 1 aromatic carbocycles. The standard InChI is InChI=1S/C15H20ClN3O/c1-4-10-18-15(17-5-2)19-11-12(3)20-14-9-7-6-8-13(14)16/h1,6-9,12H,5,10-11H2,2-3H3,(H2,17,18,19). The molecule has 0 bridgehead atoms. The van der Waals surface area contributed by atoms with E-state index >= 15 is 0 Å². The Hall–Kier alpha value is -1.86. The summed E-state index contributed by atoms with van der Waals surface area (Å²) < 4.78 is 5.74. The molecule has 0 saturated heterocycles. The van der Waals surface area contributed by atoms with Crippen molar-refractivity contribution in [2.24, 2.45) is 4.99 Å². The van der Waals surface area contributed by atoms with Crippen LogP contribution in [0.2, 0.25) is 5.02 Å². The molecule has 0 aromatic heterocycles. The Labute approximate surface area is 125 Å². The molecule has 4 nitrogen and oxygen atoms in total. The van der Waals surface area contributed by atoms with Gasteiger partial charge in [-0.2, -0.15) is 0 Å². The van der Waals surface area contributed by atoms with Gasteiger partial charge in [-0.1, -0.05) is 29.7 Å². The van der Waals surface area contributed by atoms with Crippen LogP contribution in [0.1, 0.15) is 13.8 Å². The molecule has 1 unspecified atom stereocenters. The topological polar surface area (TPSA) is 45.7 Å². The highest BCUT2D eigenvalue weighted by atomic mass is 35.5. The predicted octanol–water partition coefficient (Wildman–Crippen LogP) is 2.30. The summed E-state index contributed by atoms with van der Waals surface area (Å²) in [6.07, 6.45) is 5.13. The van der Waals surface area contributed by atoms with Crippen molar-refractivity contribution in [3.05, 3.63) is 29.3 Å². The minimum absolute atomic E-state index is 0.0869. The molecule has 0 heterocycles. The highest BCUT2D eigenvalue weighted by molar-refractivity contribution is 6.32. The lowest BCUT2D eigenvalue weighted by Crippen LogP contribution is -2.38.